The molecule has 4 heteroatoms. The lowest BCUT2D eigenvalue weighted by Gasteiger charge is -2.28. The number of aliphatic imine (C=N–C) groups is 1. The zero-order chi connectivity index (χ0) is 12.0. The van der Waals surface area contributed by atoms with Crippen LogP contribution in [0, 0.1) is 5.92 Å². The second-order valence-electron chi connectivity index (χ2n) is 5.35. The quantitative estimate of drug-likeness (QED) is 0.746. The molecule has 3 rings (SSSR count). The Kier molecular flexibility index (Phi) is 2.47. The third kappa shape index (κ3) is 1.86. The molecular weight excluding hydrogens is 212 g/mol. The highest BCUT2D eigenvalue weighted by molar-refractivity contribution is 6.00. The summed E-state index contributed by atoms with van der Waals surface area (Å²) in [4.78, 5) is 7.04. The Morgan fingerprint density at radius 1 is 1.41 bits per heavy atom. The number of hydrogen-bond acceptors (Lipinski definition) is 4. The van der Waals surface area contributed by atoms with E-state index in [0.717, 1.165) is 11.8 Å². The molecule has 0 aliphatic carbocycles. The minimum atomic E-state index is 0.182. The monoisotopic (exact) mass is 232 g/mol. The van der Waals surface area contributed by atoms with Crippen LogP contribution in [0.2, 0.25) is 0 Å². The smallest absolute Gasteiger partial charge is 0.146 e. The standard InChI is InChI=1S/C13H20N4/c1-9-4-5-16(7-9)12-6-10(2)13-14-11(3)15-17(13)8-12/h6,8-9,11,15H,4-5,7H2,1-3H3. The molecule has 3 aliphatic heterocycles. The van der Waals surface area contributed by atoms with Crippen LogP contribution in [-0.2, 0) is 0 Å². The van der Waals surface area contributed by atoms with Crippen molar-refractivity contribution in [3.8, 4) is 0 Å². The maximum atomic E-state index is 4.57. The van der Waals surface area contributed by atoms with E-state index in [1.165, 1.54) is 30.8 Å². The lowest BCUT2D eigenvalue weighted by Crippen LogP contribution is -2.39. The van der Waals surface area contributed by atoms with E-state index in [9.17, 15) is 0 Å². The Morgan fingerprint density at radius 2 is 2.24 bits per heavy atom. The highest BCUT2D eigenvalue weighted by Gasteiger charge is 2.28. The number of nitrogens with one attached hydrogen (secondary N) is 1. The fraction of sp³-hybridized carbons (Fsp3) is 0.615. The van der Waals surface area contributed by atoms with Crippen molar-refractivity contribution in [1.82, 2.24) is 15.3 Å². The summed E-state index contributed by atoms with van der Waals surface area (Å²) in [5.74, 6) is 1.87. The molecule has 0 amide bonds. The van der Waals surface area contributed by atoms with Crippen LogP contribution in [-0.4, -0.2) is 35.0 Å². The van der Waals surface area contributed by atoms with Crippen LogP contribution in [0.5, 0.6) is 0 Å². The van der Waals surface area contributed by atoms with Gasteiger partial charge in [0, 0.05) is 19.3 Å². The fourth-order valence-corrected chi connectivity index (χ4v) is 2.73. The summed E-state index contributed by atoms with van der Waals surface area (Å²) >= 11 is 0. The topological polar surface area (TPSA) is 30.9 Å². The van der Waals surface area contributed by atoms with Gasteiger partial charge in [-0.1, -0.05) is 6.92 Å². The lowest BCUT2D eigenvalue weighted by molar-refractivity contribution is 0.363. The predicted octanol–water partition coefficient (Wildman–Crippen LogP) is 1.69. The molecule has 3 aliphatic rings. The van der Waals surface area contributed by atoms with Crippen LogP contribution in [0.25, 0.3) is 0 Å². The average Bonchev–Trinajstić information content (AvgIpc) is 2.83. The van der Waals surface area contributed by atoms with Crippen molar-refractivity contribution in [1.29, 1.82) is 0 Å². The Bertz CT molecular complexity index is 421. The number of hydrogen-bond donors (Lipinski definition) is 1. The van der Waals surface area contributed by atoms with Crippen LogP contribution in [0.4, 0.5) is 0 Å². The van der Waals surface area contributed by atoms with E-state index in [2.05, 4.69) is 53.4 Å². The number of hydrazine groups is 1. The summed E-state index contributed by atoms with van der Waals surface area (Å²) in [6.45, 7) is 8.88. The molecule has 0 aromatic carbocycles. The van der Waals surface area contributed by atoms with Crippen molar-refractivity contribution in [2.45, 2.75) is 33.4 Å². The molecule has 3 heterocycles. The third-order valence-corrected chi connectivity index (χ3v) is 3.64. The molecule has 0 bridgehead atoms. The van der Waals surface area contributed by atoms with E-state index in [-0.39, 0.29) is 6.17 Å². The third-order valence-electron chi connectivity index (χ3n) is 3.64. The second-order valence-corrected chi connectivity index (χ2v) is 5.35. The first-order chi connectivity index (χ1) is 8.13. The molecule has 0 radical (unpaired) electrons. The van der Waals surface area contributed by atoms with Gasteiger partial charge in [0.25, 0.3) is 0 Å². The van der Waals surface area contributed by atoms with E-state index in [1.807, 2.05) is 0 Å². The van der Waals surface area contributed by atoms with Gasteiger partial charge in [0.15, 0.2) is 0 Å². The van der Waals surface area contributed by atoms with E-state index in [0.29, 0.717) is 0 Å². The Morgan fingerprint density at radius 3 is 2.94 bits per heavy atom. The Labute approximate surface area is 103 Å². The fourth-order valence-electron chi connectivity index (χ4n) is 2.73. The molecular formula is C13H20N4. The van der Waals surface area contributed by atoms with Gasteiger partial charge >= 0.3 is 0 Å². The molecule has 1 N–H and O–H groups in total. The summed E-state index contributed by atoms with van der Waals surface area (Å²) in [5, 5.41) is 2.07. The van der Waals surface area contributed by atoms with E-state index in [4.69, 9.17) is 0 Å². The molecule has 0 spiro atoms. The van der Waals surface area contributed by atoms with Gasteiger partial charge < -0.3 is 4.90 Å². The molecule has 0 saturated carbocycles. The minimum Gasteiger partial charge on any atom is -0.370 e. The summed E-state index contributed by atoms with van der Waals surface area (Å²) in [7, 11) is 0. The summed E-state index contributed by atoms with van der Waals surface area (Å²) < 4.78 is 0. The highest BCUT2D eigenvalue weighted by atomic mass is 15.6. The largest absolute Gasteiger partial charge is 0.370 e. The van der Waals surface area contributed by atoms with Crippen molar-refractivity contribution in [2.24, 2.45) is 10.9 Å². The zero-order valence-corrected chi connectivity index (χ0v) is 10.8. The van der Waals surface area contributed by atoms with Crippen LogP contribution in [0.15, 0.2) is 28.5 Å². The Balaban J connectivity index is 1.84. The van der Waals surface area contributed by atoms with Crippen LogP contribution in [0.3, 0.4) is 0 Å². The number of rotatable bonds is 1. The molecule has 1 fully saturated rings. The van der Waals surface area contributed by atoms with Crippen molar-refractivity contribution >= 4 is 5.84 Å². The predicted molar refractivity (Wildman–Crippen MR) is 69.1 cm³/mol. The molecule has 92 valence electrons. The van der Waals surface area contributed by atoms with Crippen molar-refractivity contribution in [2.75, 3.05) is 13.1 Å². The van der Waals surface area contributed by atoms with Gasteiger partial charge in [0.1, 0.15) is 12.0 Å². The van der Waals surface area contributed by atoms with E-state index >= 15 is 0 Å². The van der Waals surface area contributed by atoms with Gasteiger partial charge in [-0.2, -0.15) is 0 Å². The first-order valence-corrected chi connectivity index (χ1v) is 6.42. The zero-order valence-electron chi connectivity index (χ0n) is 10.8. The SMILES string of the molecule is CC1=CC(N2CCC(C)C2)=CN2NC(C)N=C12. The number of allylic oxidation sites excluding steroid dienone is 1. The number of fused-ring (bicyclic) bond motifs is 1. The lowest BCUT2D eigenvalue weighted by atomic mass is 10.1. The minimum absolute atomic E-state index is 0.182. The number of nitrogens with zero attached hydrogens (tertiary/aromatic N) is 3. The van der Waals surface area contributed by atoms with Crippen molar-refractivity contribution < 1.29 is 0 Å². The van der Waals surface area contributed by atoms with E-state index in [1.54, 1.807) is 0 Å². The first-order valence-electron chi connectivity index (χ1n) is 6.42. The van der Waals surface area contributed by atoms with Crippen LogP contribution in [0.1, 0.15) is 27.2 Å². The second kappa shape index (κ2) is 3.88. The molecule has 0 aromatic rings. The van der Waals surface area contributed by atoms with Crippen LogP contribution < -0.4 is 5.43 Å². The van der Waals surface area contributed by atoms with Crippen molar-refractivity contribution in [3.63, 3.8) is 0 Å². The molecule has 17 heavy (non-hydrogen) atoms. The van der Waals surface area contributed by atoms with Gasteiger partial charge in [-0.15, -0.1) is 0 Å². The van der Waals surface area contributed by atoms with Gasteiger partial charge in [0.2, 0.25) is 0 Å². The maximum absolute atomic E-state index is 4.57. The Hall–Kier alpha value is -1.29. The summed E-state index contributed by atoms with van der Waals surface area (Å²) in [5.41, 5.74) is 5.90. The molecule has 2 unspecified atom stereocenters. The maximum Gasteiger partial charge on any atom is 0.146 e. The average molecular weight is 232 g/mol. The molecule has 2 atom stereocenters. The number of likely N-dealkylation sites (tertiary alicyclic amines) is 1. The molecule has 4 nitrogen and oxygen atoms in total. The van der Waals surface area contributed by atoms with Gasteiger partial charge in [-0.25, -0.2) is 10.4 Å². The summed E-state index contributed by atoms with van der Waals surface area (Å²) in [6.07, 6.45) is 5.91. The molecule has 1 saturated heterocycles. The van der Waals surface area contributed by atoms with Crippen LogP contribution >= 0.6 is 0 Å². The molecule has 0 aromatic heterocycles. The normalized spacial score (nSPS) is 32.3. The van der Waals surface area contributed by atoms with Gasteiger partial charge in [-0.05, 0) is 37.8 Å². The first kappa shape index (κ1) is 10.8. The highest BCUT2D eigenvalue weighted by Crippen LogP contribution is 2.26. The van der Waals surface area contributed by atoms with E-state index < -0.39 is 0 Å². The van der Waals surface area contributed by atoms with Gasteiger partial charge in [-0.3, -0.25) is 5.01 Å². The summed E-state index contributed by atoms with van der Waals surface area (Å²) in [6, 6.07) is 0. The van der Waals surface area contributed by atoms with Crippen molar-refractivity contribution in [3.05, 3.63) is 23.5 Å². The number of amidine groups is 1. The van der Waals surface area contributed by atoms with Gasteiger partial charge in [0.05, 0.1) is 5.70 Å².